The van der Waals surface area contributed by atoms with Crippen molar-refractivity contribution in [1.82, 2.24) is 0 Å². The summed E-state index contributed by atoms with van der Waals surface area (Å²) < 4.78 is 4.07. The van der Waals surface area contributed by atoms with Crippen molar-refractivity contribution in [2.24, 2.45) is 5.41 Å². The highest BCUT2D eigenvalue weighted by Crippen LogP contribution is 2.20. The molecule has 0 heterocycles. The van der Waals surface area contributed by atoms with Gasteiger partial charge in [0.05, 0.1) is 5.41 Å². The molecule has 0 aromatic carbocycles. The summed E-state index contributed by atoms with van der Waals surface area (Å²) in [6.45, 7) is 5.50. The average molecular weight is 128 g/mol. The fourth-order valence-corrected chi connectivity index (χ4v) is 0.304. The molecule has 0 spiro atoms. The molecule has 0 aromatic heterocycles. The van der Waals surface area contributed by atoms with Crippen molar-refractivity contribution in [3.8, 4) is 0 Å². The summed E-state index contributed by atoms with van der Waals surface area (Å²) >= 11 is 0. The normalized spacial score (nSPS) is 11.1. The number of carbonyl (C=O) groups excluding carboxylic acids is 1. The zero-order chi connectivity index (χ0) is 7.49. The van der Waals surface area contributed by atoms with Gasteiger partial charge in [-0.15, -0.1) is 0 Å². The van der Waals surface area contributed by atoms with Crippen LogP contribution in [0.2, 0.25) is 0 Å². The first-order valence-corrected chi connectivity index (χ1v) is 2.95. The van der Waals surface area contributed by atoms with Crippen molar-refractivity contribution in [2.75, 3.05) is 0 Å². The van der Waals surface area contributed by atoms with Gasteiger partial charge in [0.15, 0.2) is 7.11 Å². The highest BCUT2D eigenvalue weighted by Gasteiger charge is 2.25. The highest BCUT2D eigenvalue weighted by atomic mass is 16.5. The van der Waals surface area contributed by atoms with Crippen LogP contribution in [0.4, 0.5) is 0 Å². The van der Waals surface area contributed by atoms with Crippen molar-refractivity contribution in [3.05, 3.63) is 7.11 Å². The number of ether oxygens (including phenoxy) is 1. The minimum Gasteiger partial charge on any atom is -0.454 e. The standard InChI is InChI=1S/C7H12O2/c1-5-7(2,3)6(8)9-4/h4H,5H2,1-3H3. The summed E-state index contributed by atoms with van der Waals surface area (Å²) in [4.78, 5) is 10.7. The van der Waals surface area contributed by atoms with Crippen LogP contribution >= 0.6 is 0 Å². The van der Waals surface area contributed by atoms with E-state index in [1.165, 1.54) is 0 Å². The van der Waals surface area contributed by atoms with Gasteiger partial charge in [-0.2, -0.15) is 0 Å². The first-order chi connectivity index (χ1) is 4.04. The summed E-state index contributed by atoms with van der Waals surface area (Å²) in [5.41, 5.74) is -0.436. The zero-order valence-electron chi connectivity index (χ0n) is 6.10. The second-order valence-electron chi connectivity index (χ2n) is 2.64. The van der Waals surface area contributed by atoms with Crippen LogP contribution in [-0.2, 0) is 9.53 Å². The van der Waals surface area contributed by atoms with E-state index in [9.17, 15) is 4.79 Å². The van der Waals surface area contributed by atoms with Gasteiger partial charge in [0.2, 0.25) is 0 Å². The molecule has 2 radical (unpaired) electrons. The molecule has 0 N–H and O–H groups in total. The lowest BCUT2D eigenvalue weighted by Gasteiger charge is -2.17. The first-order valence-electron chi connectivity index (χ1n) is 2.95. The maximum absolute atomic E-state index is 10.7. The Morgan fingerprint density at radius 1 is 1.67 bits per heavy atom. The van der Waals surface area contributed by atoms with E-state index in [0.29, 0.717) is 0 Å². The Morgan fingerprint density at radius 3 is 2.22 bits per heavy atom. The largest absolute Gasteiger partial charge is 0.454 e. The van der Waals surface area contributed by atoms with Gasteiger partial charge < -0.3 is 4.74 Å². The third-order valence-electron chi connectivity index (χ3n) is 1.54. The Hall–Kier alpha value is -0.530. The predicted molar refractivity (Wildman–Crippen MR) is 34.5 cm³/mol. The Labute approximate surface area is 56.2 Å². The molecule has 0 saturated carbocycles. The summed E-state index contributed by atoms with van der Waals surface area (Å²) in [5, 5.41) is 0. The van der Waals surface area contributed by atoms with Crippen molar-refractivity contribution in [2.45, 2.75) is 27.2 Å². The molecule has 0 saturated heterocycles. The summed E-state index contributed by atoms with van der Waals surface area (Å²) in [5.74, 6) is -0.356. The second-order valence-corrected chi connectivity index (χ2v) is 2.64. The minimum atomic E-state index is -0.436. The number of rotatable bonds is 2. The fraction of sp³-hybridized carbons (Fsp3) is 0.714. The quantitative estimate of drug-likeness (QED) is 0.528. The van der Waals surface area contributed by atoms with Crippen LogP contribution in [0, 0.1) is 12.5 Å². The van der Waals surface area contributed by atoms with Crippen molar-refractivity contribution < 1.29 is 9.53 Å². The van der Waals surface area contributed by atoms with Crippen LogP contribution in [0.5, 0.6) is 0 Å². The van der Waals surface area contributed by atoms with Crippen LogP contribution in [0.15, 0.2) is 0 Å². The molecule has 2 heteroatoms. The van der Waals surface area contributed by atoms with E-state index in [4.69, 9.17) is 0 Å². The van der Waals surface area contributed by atoms with E-state index in [0.717, 1.165) is 6.42 Å². The first kappa shape index (κ1) is 8.47. The van der Waals surface area contributed by atoms with Crippen molar-refractivity contribution in [3.63, 3.8) is 0 Å². The molecule has 0 amide bonds. The number of hydrogen-bond donors (Lipinski definition) is 0. The lowest BCUT2D eigenvalue weighted by atomic mass is 9.91. The lowest BCUT2D eigenvalue weighted by molar-refractivity contribution is -0.148. The van der Waals surface area contributed by atoms with E-state index >= 15 is 0 Å². The van der Waals surface area contributed by atoms with E-state index in [1.54, 1.807) is 13.8 Å². The van der Waals surface area contributed by atoms with Gasteiger partial charge in [0.25, 0.3) is 0 Å². The van der Waals surface area contributed by atoms with Crippen LogP contribution in [0.25, 0.3) is 0 Å². The molecule has 0 aliphatic carbocycles. The Kier molecular flexibility index (Phi) is 2.68. The van der Waals surface area contributed by atoms with Gasteiger partial charge in [-0.25, -0.2) is 0 Å². The van der Waals surface area contributed by atoms with Crippen LogP contribution in [-0.4, -0.2) is 5.97 Å². The van der Waals surface area contributed by atoms with E-state index in [1.807, 2.05) is 6.92 Å². The second kappa shape index (κ2) is 2.85. The maximum atomic E-state index is 10.7. The molecule has 0 unspecified atom stereocenters. The maximum Gasteiger partial charge on any atom is 0.312 e. The Bertz CT molecular complexity index is 105. The van der Waals surface area contributed by atoms with Gasteiger partial charge >= 0.3 is 5.97 Å². The van der Waals surface area contributed by atoms with Crippen LogP contribution < -0.4 is 0 Å². The van der Waals surface area contributed by atoms with Crippen LogP contribution in [0.1, 0.15) is 27.2 Å². The molecular weight excluding hydrogens is 116 g/mol. The fourth-order valence-electron chi connectivity index (χ4n) is 0.304. The molecule has 0 rings (SSSR count). The molecule has 0 fully saturated rings. The Morgan fingerprint density at radius 2 is 2.11 bits per heavy atom. The van der Waals surface area contributed by atoms with Crippen LogP contribution in [0.3, 0.4) is 0 Å². The molecule has 0 bridgehead atoms. The predicted octanol–water partition coefficient (Wildman–Crippen LogP) is 1.63. The van der Waals surface area contributed by atoms with Gasteiger partial charge in [-0.1, -0.05) is 6.92 Å². The minimum absolute atomic E-state index is 0.356. The summed E-state index contributed by atoms with van der Waals surface area (Å²) in [6, 6.07) is 0. The number of hydrogen-bond acceptors (Lipinski definition) is 2. The molecule has 9 heavy (non-hydrogen) atoms. The van der Waals surface area contributed by atoms with Gasteiger partial charge in [-0.05, 0) is 20.3 Å². The third-order valence-corrected chi connectivity index (χ3v) is 1.54. The topological polar surface area (TPSA) is 26.3 Å². The smallest absolute Gasteiger partial charge is 0.312 e. The average Bonchev–Trinajstić information content (AvgIpc) is 1.86. The lowest BCUT2D eigenvalue weighted by Crippen LogP contribution is -2.23. The SMILES string of the molecule is [CH]OC(=O)C(C)(C)CC. The molecule has 52 valence electrons. The monoisotopic (exact) mass is 128 g/mol. The van der Waals surface area contributed by atoms with E-state index in [2.05, 4.69) is 11.8 Å². The van der Waals surface area contributed by atoms with E-state index < -0.39 is 5.41 Å². The molecule has 0 aliphatic rings. The third kappa shape index (κ3) is 2.04. The highest BCUT2D eigenvalue weighted by molar-refractivity contribution is 5.75. The molecule has 0 aliphatic heterocycles. The van der Waals surface area contributed by atoms with Crippen molar-refractivity contribution >= 4 is 5.97 Å². The van der Waals surface area contributed by atoms with Gasteiger partial charge in [0.1, 0.15) is 0 Å². The van der Waals surface area contributed by atoms with Crippen molar-refractivity contribution in [1.29, 1.82) is 0 Å². The van der Waals surface area contributed by atoms with Gasteiger partial charge in [-0.3, -0.25) is 4.79 Å². The number of esters is 1. The number of carbonyl (C=O) groups is 1. The molecule has 2 nitrogen and oxygen atoms in total. The molecular formula is C7H12O2. The Balaban J connectivity index is 3.97. The summed E-state index contributed by atoms with van der Waals surface area (Å²) in [7, 11) is 4.68. The van der Waals surface area contributed by atoms with Gasteiger partial charge in [0, 0.05) is 0 Å². The molecule has 0 atom stereocenters. The summed E-state index contributed by atoms with van der Waals surface area (Å²) in [6.07, 6.45) is 0.739. The molecule has 0 aromatic rings. The zero-order valence-corrected chi connectivity index (χ0v) is 6.10. The van der Waals surface area contributed by atoms with E-state index in [-0.39, 0.29) is 5.97 Å².